The highest BCUT2D eigenvalue weighted by Gasteiger charge is 2.01. The Morgan fingerprint density at radius 3 is 2.92 bits per heavy atom. The lowest BCUT2D eigenvalue weighted by Gasteiger charge is -2.02. The molecule has 1 aromatic carbocycles. The molecule has 1 aromatic heterocycles. The molecule has 2 rings (SSSR count). The Bertz CT molecular complexity index is 457. The Morgan fingerprint density at radius 1 is 1.31 bits per heavy atom. The van der Waals surface area contributed by atoms with Gasteiger partial charge in [0.15, 0.2) is 0 Å². The van der Waals surface area contributed by atoms with E-state index < -0.39 is 0 Å². The maximum Gasteiger partial charge on any atom is 0.0713 e. The average molecular weight is 234 g/mol. The first-order valence-corrected chi connectivity index (χ1v) is 4.78. The maximum atomic E-state index is 4.24. The Labute approximate surface area is 85.2 Å². The van der Waals surface area contributed by atoms with Crippen molar-refractivity contribution in [3.63, 3.8) is 0 Å². The molecule has 0 fully saturated rings. The van der Waals surface area contributed by atoms with E-state index in [2.05, 4.69) is 33.6 Å². The fourth-order valence-corrected chi connectivity index (χ4v) is 1.95. The van der Waals surface area contributed by atoms with Crippen LogP contribution in [0, 0.1) is 0 Å². The number of nitrogens with zero attached hydrogens (tertiary/aromatic N) is 1. The summed E-state index contributed by atoms with van der Waals surface area (Å²) >= 11 is 3.50. The predicted octanol–water partition coefficient (Wildman–Crippen LogP) is 3.64. The Morgan fingerprint density at radius 2 is 2.15 bits per heavy atom. The van der Waals surface area contributed by atoms with Crippen molar-refractivity contribution in [1.82, 2.24) is 4.98 Å². The molecule has 0 N–H and O–H groups in total. The predicted molar refractivity (Wildman–Crippen MR) is 59.5 cm³/mol. The van der Waals surface area contributed by atoms with Crippen molar-refractivity contribution in [3.8, 4) is 0 Å². The monoisotopic (exact) mass is 233 g/mol. The van der Waals surface area contributed by atoms with Crippen LogP contribution in [0.5, 0.6) is 0 Å². The average Bonchev–Trinajstić information content (AvgIpc) is 2.17. The quantitative estimate of drug-likeness (QED) is 0.733. The fourth-order valence-electron chi connectivity index (χ4n) is 1.37. The molecule has 2 heteroatoms. The molecule has 0 aliphatic heterocycles. The Balaban J connectivity index is 2.94. The van der Waals surface area contributed by atoms with Gasteiger partial charge < -0.3 is 0 Å². The largest absolute Gasteiger partial charge is 0.256 e. The molecular weight excluding hydrogens is 226 g/mol. The van der Waals surface area contributed by atoms with Gasteiger partial charge >= 0.3 is 0 Å². The lowest BCUT2D eigenvalue weighted by Crippen LogP contribution is -1.83. The number of pyridine rings is 1. The lowest BCUT2D eigenvalue weighted by molar-refractivity contribution is 1.33. The first-order valence-electron chi connectivity index (χ1n) is 3.98. The molecule has 0 unspecified atom stereocenters. The summed E-state index contributed by atoms with van der Waals surface area (Å²) in [6, 6.07) is 8.08. The SMILES string of the molecule is C=Cc1nccc2cccc(Br)c12. The summed E-state index contributed by atoms with van der Waals surface area (Å²) in [5, 5.41) is 2.30. The maximum absolute atomic E-state index is 4.24. The van der Waals surface area contributed by atoms with Crippen LogP contribution < -0.4 is 0 Å². The zero-order valence-electron chi connectivity index (χ0n) is 7.00. The highest BCUT2D eigenvalue weighted by Crippen LogP contribution is 2.26. The number of rotatable bonds is 1. The minimum absolute atomic E-state index is 0.921. The van der Waals surface area contributed by atoms with E-state index in [0.29, 0.717) is 0 Å². The lowest BCUT2D eigenvalue weighted by atomic mass is 10.1. The normalized spacial score (nSPS) is 10.2. The number of aromatic nitrogens is 1. The third-order valence-corrected chi connectivity index (χ3v) is 2.62. The molecule has 2 aromatic rings. The highest BCUT2D eigenvalue weighted by atomic mass is 79.9. The van der Waals surface area contributed by atoms with Crippen molar-refractivity contribution in [2.45, 2.75) is 0 Å². The van der Waals surface area contributed by atoms with E-state index in [4.69, 9.17) is 0 Å². The summed E-state index contributed by atoms with van der Waals surface area (Å²) in [5.74, 6) is 0. The van der Waals surface area contributed by atoms with Gasteiger partial charge in [0.05, 0.1) is 5.69 Å². The van der Waals surface area contributed by atoms with Gasteiger partial charge in [-0.15, -0.1) is 0 Å². The summed E-state index contributed by atoms with van der Waals surface area (Å²) in [6.07, 6.45) is 3.57. The van der Waals surface area contributed by atoms with Gasteiger partial charge in [-0.2, -0.15) is 0 Å². The van der Waals surface area contributed by atoms with Crippen molar-refractivity contribution in [2.24, 2.45) is 0 Å². The summed E-state index contributed by atoms with van der Waals surface area (Å²) in [7, 11) is 0. The van der Waals surface area contributed by atoms with E-state index in [0.717, 1.165) is 15.6 Å². The van der Waals surface area contributed by atoms with E-state index in [1.807, 2.05) is 18.2 Å². The second-order valence-corrected chi connectivity index (χ2v) is 3.59. The van der Waals surface area contributed by atoms with Crippen molar-refractivity contribution in [3.05, 3.63) is 47.2 Å². The molecule has 1 nitrogen and oxygen atoms in total. The van der Waals surface area contributed by atoms with Gasteiger partial charge in [0.25, 0.3) is 0 Å². The van der Waals surface area contributed by atoms with Gasteiger partial charge in [0, 0.05) is 16.1 Å². The van der Waals surface area contributed by atoms with E-state index in [-0.39, 0.29) is 0 Å². The molecule has 13 heavy (non-hydrogen) atoms. The third kappa shape index (κ3) is 1.38. The molecule has 0 saturated carbocycles. The molecule has 64 valence electrons. The minimum atomic E-state index is 0.921. The molecule has 0 radical (unpaired) electrons. The molecule has 0 atom stereocenters. The van der Waals surface area contributed by atoms with Crippen LogP contribution in [0.15, 0.2) is 41.5 Å². The third-order valence-electron chi connectivity index (χ3n) is 1.96. The van der Waals surface area contributed by atoms with E-state index >= 15 is 0 Å². The number of halogens is 1. The van der Waals surface area contributed by atoms with Crippen molar-refractivity contribution in [1.29, 1.82) is 0 Å². The van der Waals surface area contributed by atoms with Gasteiger partial charge in [-0.25, -0.2) is 0 Å². The number of hydrogen-bond acceptors (Lipinski definition) is 1. The number of fused-ring (bicyclic) bond motifs is 1. The van der Waals surface area contributed by atoms with Gasteiger partial charge in [0.2, 0.25) is 0 Å². The van der Waals surface area contributed by atoms with Gasteiger partial charge in [-0.3, -0.25) is 4.98 Å². The highest BCUT2D eigenvalue weighted by molar-refractivity contribution is 9.10. The number of benzene rings is 1. The number of hydrogen-bond donors (Lipinski definition) is 0. The summed E-state index contributed by atoms with van der Waals surface area (Å²) < 4.78 is 1.06. The zero-order chi connectivity index (χ0) is 9.26. The van der Waals surface area contributed by atoms with Crippen LogP contribution in [0.1, 0.15) is 5.69 Å². The van der Waals surface area contributed by atoms with Crippen LogP contribution in [0.2, 0.25) is 0 Å². The molecular formula is C11H8BrN. The van der Waals surface area contributed by atoms with Gasteiger partial charge in [0.1, 0.15) is 0 Å². The standard InChI is InChI=1S/C11H8BrN/c1-2-10-11-8(6-7-13-10)4-3-5-9(11)12/h2-7H,1H2. The first-order chi connectivity index (χ1) is 6.33. The van der Waals surface area contributed by atoms with Crippen LogP contribution >= 0.6 is 15.9 Å². The molecule has 0 amide bonds. The first kappa shape index (κ1) is 8.45. The van der Waals surface area contributed by atoms with Crippen LogP contribution in [0.3, 0.4) is 0 Å². The van der Waals surface area contributed by atoms with Crippen LogP contribution in [0.25, 0.3) is 16.8 Å². The summed E-state index contributed by atoms with van der Waals surface area (Å²) in [4.78, 5) is 4.24. The summed E-state index contributed by atoms with van der Waals surface area (Å²) in [6.45, 7) is 3.74. The Hall–Kier alpha value is -1.15. The fraction of sp³-hybridized carbons (Fsp3) is 0. The van der Waals surface area contributed by atoms with Gasteiger partial charge in [-0.1, -0.05) is 34.6 Å². The van der Waals surface area contributed by atoms with Crippen LogP contribution in [-0.4, -0.2) is 4.98 Å². The van der Waals surface area contributed by atoms with Crippen molar-refractivity contribution < 1.29 is 0 Å². The molecule has 0 spiro atoms. The smallest absolute Gasteiger partial charge is 0.0713 e. The molecule has 0 aliphatic carbocycles. The molecule has 1 heterocycles. The minimum Gasteiger partial charge on any atom is -0.256 e. The van der Waals surface area contributed by atoms with E-state index in [1.54, 1.807) is 12.3 Å². The topological polar surface area (TPSA) is 12.9 Å². The van der Waals surface area contributed by atoms with E-state index in [9.17, 15) is 0 Å². The van der Waals surface area contributed by atoms with Crippen LogP contribution in [0.4, 0.5) is 0 Å². The van der Waals surface area contributed by atoms with Crippen LogP contribution in [-0.2, 0) is 0 Å². The second-order valence-electron chi connectivity index (χ2n) is 2.74. The van der Waals surface area contributed by atoms with Gasteiger partial charge in [-0.05, 0) is 23.6 Å². The molecule has 0 bridgehead atoms. The Kier molecular flexibility index (Phi) is 2.15. The van der Waals surface area contributed by atoms with Crippen molar-refractivity contribution >= 4 is 32.8 Å². The van der Waals surface area contributed by atoms with E-state index in [1.165, 1.54) is 5.39 Å². The zero-order valence-corrected chi connectivity index (χ0v) is 8.58. The molecule has 0 saturated heterocycles. The van der Waals surface area contributed by atoms with Crippen molar-refractivity contribution in [2.75, 3.05) is 0 Å². The summed E-state index contributed by atoms with van der Waals surface area (Å²) in [5.41, 5.74) is 0.921. The molecule has 0 aliphatic rings. The second kappa shape index (κ2) is 3.30.